The van der Waals surface area contributed by atoms with Crippen LogP contribution in [0.3, 0.4) is 0 Å². The first-order valence-electron chi connectivity index (χ1n) is 11.8. The molecular formula is C27H35NO2. The number of nitrogens with zero attached hydrogens (tertiary/aromatic N) is 1. The van der Waals surface area contributed by atoms with Gasteiger partial charge in [-0.25, -0.2) is 0 Å². The fraction of sp³-hybridized carbons (Fsp3) is 0.593. The van der Waals surface area contributed by atoms with Gasteiger partial charge in [0.1, 0.15) is 0 Å². The average Bonchev–Trinajstić information content (AvgIpc) is 3.08. The Bertz CT molecular complexity index is 909. The minimum absolute atomic E-state index is 0.208. The van der Waals surface area contributed by atoms with E-state index in [1.54, 1.807) is 5.57 Å². The van der Waals surface area contributed by atoms with E-state index < -0.39 is 0 Å². The second-order valence-electron chi connectivity index (χ2n) is 10.5. The number of rotatable bonds is 3. The standard InChI is InChI=1S/C27H35NO2/c1-27-15-24(17-4-8-20(9-5-17)28(2)3)26-22-12-10-21(30)14-18(22)6-11-23(26)25(27)13-7-19(27)16-29/h4-5,8-9,14,19,23-25,29H,6-7,10-13,15-16H2,1-3H3/t19-,23-,24+,25+,27+/m0/s1. The molecule has 1 aromatic rings. The van der Waals surface area contributed by atoms with Crippen molar-refractivity contribution in [2.45, 2.75) is 57.8 Å². The molecule has 30 heavy (non-hydrogen) atoms. The van der Waals surface area contributed by atoms with Crippen molar-refractivity contribution < 1.29 is 9.90 Å². The molecule has 1 aromatic carbocycles. The van der Waals surface area contributed by atoms with Gasteiger partial charge < -0.3 is 10.0 Å². The Kier molecular flexibility index (Phi) is 4.93. The molecule has 0 saturated heterocycles. The summed E-state index contributed by atoms with van der Waals surface area (Å²) in [6, 6.07) is 9.13. The summed E-state index contributed by atoms with van der Waals surface area (Å²) >= 11 is 0. The van der Waals surface area contributed by atoms with Crippen LogP contribution in [0.1, 0.15) is 63.4 Å². The molecule has 0 radical (unpaired) electrons. The first-order chi connectivity index (χ1) is 14.4. The second-order valence-corrected chi connectivity index (χ2v) is 10.5. The summed E-state index contributed by atoms with van der Waals surface area (Å²) in [7, 11) is 4.17. The molecule has 0 amide bonds. The molecule has 0 unspecified atom stereocenters. The van der Waals surface area contributed by atoms with Gasteiger partial charge in [-0.1, -0.05) is 24.6 Å². The van der Waals surface area contributed by atoms with E-state index in [0.717, 1.165) is 25.7 Å². The lowest BCUT2D eigenvalue weighted by atomic mass is 9.52. The van der Waals surface area contributed by atoms with Gasteiger partial charge in [0.2, 0.25) is 0 Å². The maximum Gasteiger partial charge on any atom is 0.156 e. The van der Waals surface area contributed by atoms with Crippen molar-refractivity contribution in [2.75, 3.05) is 25.6 Å². The Morgan fingerprint density at radius 2 is 1.83 bits per heavy atom. The molecule has 0 spiro atoms. The van der Waals surface area contributed by atoms with E-state index in [0.29, 0.717) is 42.5 Å². The Morgan fingerprint density at radius 1 is 1.07 bits per heavy atom. The van der Waals surface area contributed by atoms with Crippen LogP contribution in [0.2, 0.25) is 0 Å². The van der Waals surface area contributed by atoms with Crippen molar-refractivity contribution >= 4 is 11.5 Å². The zero-order chi connectivity index (χ0) is 21.0. The zero-order valence-corrected chi connectivity index (χ0v) is 18.7. The lowest BCUT2D eigenvalue weighted by molar-refractivity contribution is -0.114. The summed E-state index contributed by atoms with van der Waals surface area (Å²) in [6.45, 7) is 2.78. The highest BCUT2D eigenvalue weighted by atomic mass is 16.3. The molecule has 0 aromatic heterocycles. The number of carbonyl (C=O) groups is 1. The Morgan fingerprint density at radius 3 is 2.53 bits per heavy atom. The highest BCUT2D eigenvalue weighted by Gasteiger charge is 2.56. The van der Waals surface area contributed by atoms with Crippen LogP contribution in [-0.2, 0) is 4.79 Å². The summed E-state index contributed by atoms with van der Waals surface area (Å²) in [4.78, 5) is 14.3. The number of carbonyl (C=O) groups excluding carboxylic acids is 1. The molecule has 3 heteroatoms. The highest BCUT2D eigenvalue weighted by Crippen LogP contribution is 2.65. The number of benzene rings is 1. The molecule has 160 valence electrons. The number of anilines is 1. The van der Waals surface area contributed by atoms with E-state index in [2.05, 4.69) is 50.2 Å². The van der Waals surface area contributed by atoms with Crippen molar-refractivity contribution in [1.82, 2.24) is 0 Å². The first-order valence-corrected chi connectivity index (χ1v) is 11.8. The van der Waals surface area contributed by atoms with Crippen LogP contribution in [0.5, 0.6) is 0 Å². The molecule has 5 rings (SSSR count). The number of allylic oxidation sites excluding steroid dienone is 4. The van der Waals surface area contributed by atoms with Gasteiger partial charge >= 0.3 is 0 Å². The normalized spacial score (nSPS) is 35.5. The third kappa shape index (κ3) is 3.00. The van der Waals surface area contributed by atoms with Crippen molar-refractivity contribution in [3.8, 4) is 0 Å². The second kappa shape index (κ2) is 7.37. The van der Waals surface area contributed by atoms with Crippen LogP contribution >= 0.6 is 0 Å². The summed E-state index contributed by atoms with van der Waals surface area (Å²) in [6.07, 6.45) is 9.30. The lowest BCUT2D eigenvalue weighted by Crippen LogP contribution is -2.44. The molecule has 1 N–H and O–H groups in total. The van der Waals surface area contributed by atoms with Crippen LogP contribution < -0.4 is 4.90 Å². The Hall–Kier alpha value is -1.87. The third-order valence-electron chi connectivity index (χ3n) is 8.96. The first kappa shape index (κ1) is 20.1. The van der Waals surface area contributed by atoms with Crippen molar-refractivity contribution in [3.05, 3.63) is 52.6 Å². The van der Waals surface area contributed by atoms with Gasteiger partial charge in [-0.3, -0.25) is 4.79 Å². The minimum Gasteiger partial charge on any atom is -0.396 e. The van der Waals surface area contributed by atoms with Gasteiger partial charge in [0.15, 0.2) is 5.78 Å². The summed E-state index contributed by atoms with van der Waals surface area (Å²) in [5.41, 5.74) is 7.34. The van der Waals surface area contributed by atoms with Gasteiger partial charge in [-0.15, -0.1) is 0 Å². The highest BCUT2D eigenvalue weighted by molar-refractivity contribution is 5.93. The maximum absolute atomic E-state index is 12.1. The molecule has 4 aliphatic carbocycles. The van der Waals surface area contributed by atoms with Gasteiger partial charge in [0, 0.05) is 38.7 Å². The largest absolute Gasteiger partial charge is 0.396 e. The quantitative estimate of drug-likeness (QED) is 0.746. The van der Waals surface area contributed by atoms with E-state index in [-0.39, 0.29) is 5.41 Å². The van der Waals surface area contributed by atoms with Crippen LogP contribution in [0.25, 0.3) is 0 Å². The van der Waals surface area contributed by atoms with Crippen LogP contribution in [-0.4, -0.2) is 31.6 Å². The third-order valence-corrected chi connectivity index (χ3v) is 8.96. The minimum atomic E-state index is 0.208. The topological polar surface area (TPSA) is 40.5 Å². The monoisotopic (exact) mass is 405 g/mol. The fourth-order valence-corrected chi connectivity index (χ4v) is 7.37. The van der Waals surface area contributed by atoms with Crippen molar-refractivity contribution in [3.63, 3.8) is 0 Å². The van der Waals surface area contributed by atoms with Crippen molar-refractivity contribution in [2.24, 2.45) is 23.2 Å². The number of fused-ring (bicyclic) bond motifs is 4. The lowest BCUT2D eigenvalue weighted by Gasteiger charge is -2.52. The Balaban J connectivity index is 1.64. The fourth-order valence-electron chi connectivity index (χ4n) is 7.37. The van der Waals surface area contributed by atoms with E-state index in [1.165, 1.54) is 35.2 Å². The van der Waals surface area contributed by atoms with E-state index in [1.807, 2.05) is 6.08 Å². The SMILES string of the molecule is CN(C)c1ccc([C@H]2C[C@]3(C)[C@H](CO)CC[C@@H]3[C@@H]3CCC4=CC(=O)CCC4=C32)cc1. The van der Waals surface area contributed by atoms with E-state index >= 15 is 0 Å². The van der Waals surface area contributed by atoms with Crippen LogP contribution in [0, 0.1) is 23.2 Å². The number of hydrogen-bond acceptors (Lipinski definition) is 3. The summed E-state index contributed by atoms with van der Waals surface area (Å²) in [5.74, 6) is 2.42. The predicted octanol–water partition coefficient (Wildman–Crippen LogP) is 5.26. The van der Waals surface area contributed by atoms with Gasteiger partial charge in [-0.2, -0.15) is 0 Å². The summed E-state index contributed by atoms with van der Waals surface area (Å²) < 4.78 is 0. The van der Waals surface area contributed by atoms with Crippen LogP contribution in [0.4, 0.5) is 5.69 Å². The van der Waals surface area contributed by atoms with Gasteiger partial charge in [-0.05, 0) is 96.6 Å². The molecule has 0 aliphatic heterocycles. The van der Waals surface area contributed by atoms with Crippen molar-refractivity contribution in [1.29, 1.82) is 0 Å². The molecule has 3 nitrogen and oxygen atoms in total. The molecule has 5 atom stereocenters. The number of ketones is 1. The molecule has 0 heterocycles. The molecule has 2 fully saturated rings. The number of hydrogen-bond donors (Lipinski definition) is 1. The molecule has 2 saturated carbocycles. The molecular weight excluding hydrogens is 370 g/mol. The molecule has 0 bridgehead atoms. The van der Waals surface area contributed by atoms with Gasteiger partial charge in [0.25, 0.3) is 0 Å². The van der Waals surface area contributed by atoms with E-state index in [9.17, 15) is 9.90 Å². The van der Waals surface area contributed by atoms with Crippen LogP contribution in [0.15, 0.2) is 47.1 Å². The smallest absolute Gasteiger partial charge is 0.156 e. The number of aliphatic hydroxyl groups excluding tert-OH is 1. The molecule has 4 aliphatic rings. The maximum atomic E-state index is 12.1. The van der Waals surface area contributed by atoms with Gasteiger partial charge in [0.05, 0.1) is 0 Å². The Labute approximate surface area is 180 Å². The predicted molar refractivity (Wildman–Crippen MR) is 122 cm³/mol. The summed E-state index contributed by atoms with van der Waals surface area (Å²) in [5, 5.41) is 10.2. The average molecular weight is 406 g/mol. The van der Waals surface area contributed by atoms with E-state index in [4.69, 9.17) is 0 Å². The zero-order valence-electron chi connectivity index (χ0n) is 18.7. The number of aliphatic hydroxyl groups is 1.